The van der Waals surface area contributed by atoms with Gasteiger partial charge in [-0.2, -0.15) is 0 Å². The van der Waals surface area contributed by atoms with Gasteiger partial charge in [0.15, 0.2) is 0 Å². The molecule has 25 heavy (non-hydrogen) atoms. The molecule has 0 N–H and O–H groups in total. The van der Waals surface area contributed by atoms with Crippen molar-refractivity contribution in [2.24, 2.45) is 0 Å². The third-order valence-corrected chi connectivity index (χ3v) is 7.13. The molecule has 128 valence electrons. The fourth-order valence-corrected chi connectivity index (χ4v) is 5.26. The zero-order chi connectivity index (χ0) is 16.6. The number of aromatic nitrogens is 3. The molecule has 1 saturated carbocycles. The van der Waals surface area contributed by atoms with Gasteiger partial charge in [0.05, 0.1) is 5.69 Å². The molecule has 1 aliphatic heterocycles. The van der Waals surface area contributed by atoms with Crippen molar-refractivity contribution in [3.63, 3.8) is 0 Å². The molecule has 1 fully saturated rings. The Morgan fingerprint density at radius 2 is 1.80 bits per heavy atom. The van der Waals surface area contributed by atoms with Crippen molar-refractivity contribution in [1.29, 1.82) is 0 Å². The van der Waals surface area contributed by atoms with E-state index >= 15 is 0 Å². The molecule has 2 aromatic heterocycles. The Labute approximate surface area is 155 Å². The summed E-state index contributed by atoms with van der Waals surface area (Å²) in [5.41, 5.74) is 4.60. The largest absolute Gasteiger partial charge is 0.300 e. The van der Waals surface area contributed by atoms with E-state index in [-0.39, 0.29) is 0 Å². The lowest BCUT2D eigenvalue weighted by Crippen LogP contribution is -2.41. The van der Waals surface area contributed by atoms with E-state index in [1.807, 2.05) is 16.7 Å². The van der Waals surface area contributed by atoms with Gasteiger partial charge in [0.2, 0.25) is 0 Å². The van der Waals surface area contributed by atoms with E-state index in [1.165, 1.54) is 60.0 Å². The molecule has 0 amide bonds. The van der Waals surface area contributed by atoms with Gasteiger partial charge in [-0.05, 0) is 30.8 Å². The van der Waals surface area contributed by atoms with E-state index in [2.05, 4.69) is 38.8 Å². The molecule has 0 radical (unpaired) electrons. The monoisotopic (exact) mass is 368 g/mol. The summed E-state index contributed by atoms with van der Waals surface area (Å²) in [6.45, 7) is 2.38. The maximum Gasteiger partial charge on any atom is 0.123 e. The second-order valence-electron chi connectivity index (χ2n) is 6.88. The van der Waals surface area contributed by atoms with Crippen LogP contribution in [-0.2, 0) is 12.8 Å². The van der Waals surface area contributed by atoms with E-state index in [9.17, 15) is 0 Å². The van der Waals surface area contributed by atoms with Crippen LogP contribution in [0.3, 0.4) is 0 Å². The summed E-state index contributed by atoms with van der Waals surface area (Å²) in [5, 5.41) is 7.27. The number of thiazole rings is 1. The molecule has 1 aromatic carbocycles. The lowest BCUT2D eigenvalue weighted by atomic mass is 9.91. The first kappa shape index (κ1) is 15.6. The fourth-order valence-electron chi connectivity index (χ4n) is 3.69. The van der Waals surface area contributed by atoms with E-state index in [1.54, 1.807) is 0 Å². The fraction of sp³-hybridized carbons (Fsp3) is 0.421. The average Bonchev–Trinajstić information content (AvgIpc) is 3.23. The van der Waals surface area contributed by atoms with E-state index in [0.29, 0.717) is 0 Å². The lowest BCUT2D eigenvalue weighted by Gasteiger charge is -2.36. The van der Waals surface area contributed by atoms with Gasteiger partial charge in [0.1, 0.15) is 10.7 Å². The number of fused-ring (bicyclic) bond motifs is 1. The third kappa shape index (κ3) is 3.03. The Balaban J connectivity index is 1.34. The Morgan fingerprint density at radius 3 is 2.52 bits per heavy atom. The first-order chi connectivity index (χ1) is 12.4. The molecule has 2 aliphatic rings. The molecular formula is C19H20N4S2. The van der Waals surface area contributed by atoms with Gasteiger partial charge in [-0.3, -0.25) is 4.90 Å². The van der Waals surface area contributed by atoms with Gasteiger partial charge in [-0.1, -0.05) is 35.2 Å². The summed E-state index contributed by atoms with van der Waals surface area (Å²) in [6.07, 6.45) is 6.47. The number of nitrogens with zero attached hydrogens (tertiary/aromatic N) is 4. The molecule has 4 nitrogen and oxygen atoms in total. The van der Waals surface area contributed by atoms with Crippen LogP contribution in [0, 0.1) is 0 Å². The number of hydrogen-bond acceptors (Lipinski definition) is 6. The Kier molecular flexibility index (Phi) is 4.12. The molecular weight excluding hydrogens is 348 g/mol. The summed E-state index contributed by atoms with van der Waals surface area (Å²) in [6, 6.07) is 9.41. The SMILES string of the molecule is c1cc(-c2nc3c(s2)CCN(C2CCC2)CC3)ccc1-c1csnn1. The molecule has 0 saturated heterocycles. The quantitative estimate of drug-likeness (QED) is 0.692. The van der Waals surface area contributed by atoms with Crippen molar-refractivity contribution in [3.8, 4) is 21.8 Å². The predicted molar refractivity (Wildman–Crippen MR) is 103 cm³/mol. The van der Waals surface area contributed by atoms with Crippen LogP contribution in [0.15, 0.2) is 29.6 Å². The van der Waals surface area contributed by atoms with E-state index in [4.69, 9.17) is 4.98 Å². The van der Waals surface area contributed by atoms with Gasteiger partial charge >= 0.3 is 0 Å². The first-order valence-corrected chi connectivity index (χ1v) is 10.6. The Bertz CT molecular complexity index is 825. The maximum atomic E-state index is 4.98. The third-order valence-electron chi connectivity index (χ3n) is 5.42. The van der Waals surface area contributed by atoms with Crippen molar-refractivity contribution < 1.29 is 0 Å². The summed E-state index contributed by atoms with van der Waals surface area (Å²) in [5.74, 6) is 0. The molecule has 3 aromatic rings. The second-order valence-corrected chi connectivity index (χ2v) is 8.57. The number of rotatable bonds is 3. The van der Waals surface area contributed by atoms with Gasteiger partial charge in [-0.25, -0.2) is 4.98 Å². The van der Waals surface area contributed by atoms with Crippen molar-refractivity contribution in [2.75, 3.05) is 13.1 Å². The lowest BCUT2D eigenvalue weighted by molar-refractivity contribution is 0.133. The predicted octanol–water partition coefficient (Wildman–Crippen LogP) is 4.28. The molecule has 5 rings (SSSR count). The van der Waals surface area contributed by atoms with E-state index in [0.717, 1.165) is 35.1 Å². The molecule has 3 heterocycles. The molecule has 6 heteroatoms. The van der Waals surface area contributed by atoms with Gasteiger partial charge < -0.3 is 0 Å². The second kappa shape index (κ2) is 6.59. The standard InChI is InChI=1S/C19H20N4S2/c1-2-15(3-1)23-10-8-16-18(9-11-23)25-19(20-16)14-6-4-13(5-7-14)17-12-24-22-21-17/h4-7,12,15H,1-3,8-11H2. The van der Waals surface area contributed by atoms with Crippen LogP contribution in [0.1, 0.15) is 29.8 Å². The molecule has 0 unspecified atom stereocenters. The van der Waals surface area contributed by atoms with Crippen LogP contribution in [-0.4, -0.2) is 38.6 Å². The van der Waals surface area contributed by atoms with Crippen molar-refractivity contribution in [1.82, 2.24) is 19.5 Å². The van der Waals surface area contributed by atoms with Gasteiger partial charge in [0.25, 0.3) is 0 Å². The zero-order valence-electron chi connectivity index (χ0n) is 14.0. The van der Waals surface area contributed by atoms with Crippen LogP contribution in [0.5, 0.6) is 0 Å². The highest BCUT2D eigenvalue weighted by Gasteiger charge is 2.27. The van der Waals surface area contributed by atoms with Crippen LogP contribution >= 0.6 is 22.9 Å². The van der Waals surface area contributed by atoms with Crippen LogP contribution in [0.2, 0.25) is 0 Å². The van der Waals surface area contributed by atoms with Crippen LogP contribution in [0.25, 0.3) is 21.8 Å². The normalized spacial score (nSPS) is 18.6. The highest BCUT2D eigenvalue weighted by Crippen LogP contribution is 2.33. The Hall–Kier alpha value is -1.63. The minimum absolute atomic E-state index is 0.848. The highest BCUT2D eigenvalue weighted by atomic mass is 32.1. The minimum atomic E-state index is 0.848. The van der Waals surface area contributed by atoms with Crippen LogP contribution in [0.4, 0.5) is 0 Å². The summed E-state index contributed by atoms with van der Waals surface area (Å²) in [4.78, 5) is 9.16. The minimum Gasteiger partial charge on any atom is -0.300 e. The molecule has 0 spiro atoms. The van der Waals surface area contributed by atoms with Crippen molar-refractivity contribution in [3.05, 3.63) is 40.2 Å². The topological polar surface area (TPSA) is 41.9 Å². The van der Waals surface area contributed by atoms with Crippen molar-refractivity contribution >= 4 is 22.9 Å². The maximum absolute atomic E-state index is 4.98. The molecule has 0 atom stereocenters. The highest BCUT2D eigenvalue weighted by molar-refractivity contribution is 7.15. The van der Waals surface area contributed by atoms with Gasteiger partial charge in [-0.15, -0.1) is 16.4 Å². The first-order valence-electron chi connectivity index (χ1n) is 8.97. The average molecular weight is 369 g/mol. The van der Waals surface area contributed by atoms with Gasteiger partial charge in [0, 0.05) is 46.9 Å². The van der Waals surface area contributed by atoms with E-state index < -0.39 is 0 Å². The summed E-state index contributed by atoms with van der Waals surface area (Å²) in [7, 11) is 0. The molecule has 1 aliphatic carbocycles. The van der Waals surface area contributed by atoms with Crippen LogP contribution < -0.4 is 0 Å². The Morgan fingerprint density at radius 1 is 1.00 bits per heavy atom. The number of benzene rings is 1. The zero-order valence-corrected chi connectivity index (χ0v) is 15.7. The number of hydrogen-bond donors (Lipinski definition) is 0. The summed E-state index contributed by atoms with van der Waals surface area (Å²) < 4.78 is 3.94. The summed E-state index contributed by atoms with van der Waals surface area (Å²) >= 11 is 3.27. The smallest absolute Gasteiger partial charge is 0.123 e. The van der Waals surface area contributed by atoms with Crippen molar-refractivity contribution in [2.45, 2.75) is 38.1 Å². The molecule has 0 bridgehead atoms.